The summed E-state index contributed by atoms with van der Waals surface area (Å²) in [4.78, 5) is 16.8. The van der Waals surface area contributed by atoms with Crippen LogP contribution in [-0.4, -0.2) is 32.9 Å². The third kappa shape index (κ3) is 3.16. The van der Waals surface area contributed by atoms with Crippen LogP contribution in [0.2, 0.25) is 0 Å². The van der Waals surface area contributed by atoms with Crippen molar-refractivity contribution in [3.8, 4) is 0 Å². The first-order chi connectivity index (χ1) is 10.2. The lowest BCUT2D eigenvalue weighted by Gasteiger charge is -2.13. The zero-order valence-electron chi connectivity index (χ0n) is 11.6. The number of hydrogen-bond acceptors (Lipinski definition) is 4. The molecule has 0 bridgehead atoms. The van der Waals surface area contributed by atoms with E-state index in [9.17, 15) is 4.79 Å². The summed E-state index contributed by atoms with van der Waals surface area (Å²) in [6.07, 6.45) is 3.50. The van der Waals surface area contributed by atoms with Crippen LogP contribution in [0.5, 0.6) is 0 Å². The number of rotatable bonds is 4. The molecule has 1 amide bonds. The minimum atomic E-state index is -0.320. The van der Waals surface area contributed by atoms with E-state index >= 15 is 0 Å². The van der Waals surface area contributed by atoms with Gasteiger partial charge < -0.3 is 5.32 Å². The zero-order chi connectivity index (χ0) is 14.7. The molecule has 21 heavy (non-hydrogen) atoms. The molecule has 0 radical (unpaired) electrons. The molecule has 2 atom stereocenters. The SMILES string of the molecule is CC(NC(=O)C1CSC(c2ccccc2)=N1)c1cn[nH]c1. The van der Waals surface area contributed by atoms with Gasteiger partial charge in [0.25, 0.3) is 0 Å². The number of carbonyl (C=O) groups is 1. The largest absolute Gasteiger partial charge is 0.348 e. The fourth-order valence-electron chi connectivity index (χ4n) is 2.14. The summed E-state index contributed by atoms with van der Waals surface area (Å²) in [5.41, 5.74) is 2.03. The van der Waals surface area contributed by atoms with Crippen molar-refractivity contribution in [1.82, 2.24) is 15.5 Å². The van der Waals surface area contributed by atoms with Crippen LogP contribution in [0.4, 0.5) is 0 Å². The van der Waals surface area contributed by atoms with Gasteiger partial charge >= 0.3 is 0 Å². The Hall–Kier alpha value is -2.08. The lowest BCUT2D eigenvalue weighted by atomic mass is 10.2. The predicted octanol–water partition coefficient (Wildman–Crippen LogP) is 2.15. The standard InChI is InChI=1S/C15H16N4OS/c1-10(12-7-16-17-8-12)18-14(20)13-9-21-15(19-13)11-5-3-2-4-6-11/h2-8,10,13H,9H2,1H3,(H,16,17)(H,18,20). The van der Waals surface area contributed by atoms with Crippen LogP contribution in [0.1, 0.15) is 24.1 Å². The van der Waals surface area contributed by atoms with Crippen LogP contribution in [0, 0.1) is 0 Å². The summed E-state index contributed by atoms with van der Waals surface area (Å²) in [7, 11) is 0. The minimum absolute atomic E-state index is 0.0397. The van der Waals surface area contributed by atoms with Gasteiger partial charge in [0.1, 0.15) is 6.04 Å². The van der Waals surface area contributed by atoms with Gasteiger partial charge in [0.2, 0.25) is 5.91 Å². The smallest absolute Gasteiger partial charge is 0.246 e. The molecule has 6 heteroatoms. The average Bonchev–Trinajstić information content (AvgIpc) is 3.20. The van der Waals surface area contributed by atoms with Gasteiger partial charge in [-0.25, -0.2) is 0 Å². The van der Waals surface area contributed by atoms with Crippen LogP contribution in [-0.2, 0) is 4.79 Å². The van der Waals surface area contributed by atoms with Gasteiger partial charge in [0, 0.05) is 23.1 Å². The Morgan fingerprint density at radius 3 is 2.95 bits per heavy atom. The maximum Gasteiger partial charge on any atom is 0.246 e. The van der Waals surface area contributed by atoms with Gasteiger partial charge in [-0.05, 0) is 6.92 Å². The van der Waals surface area contributed by atoms with Gasteiger partial charge in [-0.3, -0.25) is 14.9 Å². The van der Waals surface area contributed by atoms with Crippen molar-refractivity contribution in [2.24, 2.45) is 4.99 Å². The molecule has 3 rings (SSSR count). The second-order valence-corrected chi connectivity index (χ2v) is 5.90. The van der Waals surface area contributed by atoms with Crippen molar-refractivity contribution >= 4 is 22.7 Å². The molecule has 1 aliphatic heterocycles. The first-order valence-electron chi connectivity index (χ1n) is 6.79. The van der Waals surface area contributed by atoms with Crippen molar-refractivity contribution < 1.29 is 4.79 Å². The van der Waals surface area contributed by atoms with E-state index in [1.54, 1.807) is 24.2 Å². The van der Waals surface area contributed by atoms with E-state index in [1.807, 2.05) is 37.3 Å². The normalized spacial score (nSPS) is 19.1. The van der Waals surface area contributed by atoms with E-state index < -0.39 is 0 Å². The number of H-pyrrole nitrogens is 1. The highest BCUT2D eigenvalue weighted by molar-refractivity contribution is 8.14. The van der Waals surface area contributed by atoms with Gasteiger partial charge in [-0.2, -0.15) is 5.10 Å². The van der Waals surface area contributed by atoms with E-state index in [1.165, 1.54) is 0 Å². The number of thioether (sulfide) groups is 1. The van der Waals surface area contributed by atoms with Gasteiger partial charge in [-0.15, -0.1) is 11.8 Å². The molecule has 108 valence electrons. The van der Waals surface area contributed by atoms with Crippen LogP contribution in [0.25, 0.3) is 0 Å². The van der Waals surface area contributed by atoms with Crippen LogP contribution in [0.15, 0.2) is 47.7 Å². The Labute approximate surface area is 127 Å². The molecule has 0 saturated carbocycles. The number of carbonyl (C=O) groups excluding carboxylic acids is 1. The first kappa shape index (κ1) is 13.9. The second-order valence-electron chi connectivity index (χ2n) is 4.89. The Morgan fingerprint density at radius 2 is 2.24 bits per heavy atom. The Bertz CT molecular complexity index is 639. The van der Waals surface area contributed by atoms with Crippen molar-refractivity contribution in [2.75, 3.05) is 5.75 Å². The number of benzene rings is 1. The van der Waals surface area contributed by atoms with E-state index in [0.717, 1.165) is 16.2 Å². The Morgan fingerprint density at radius 1 is 1.43 bits per heavy atom. The minimum Gasteiger partial charge on any atom is -0.348 e. The van der Waals surface area contributed by atoms with E-state index in [-0.39, 0.29) is 18.0 Å². The molecule has 2 N–H and O–H groups in total. The number of aromatic amines is 1. The first-order valence-corrected chi connectivity index (χ1v) is 7.77. The topological polar surface area (TPSA) is 70.1 Å². The zero-order valence-corrected chi connectivity index (χ0v) is 12.4. The quantitative estimate of drug-likeness (QED) is 0.909. The van der Waals surface area contributed by atoms with Gasteiger partial charge in [0.05, 0.1) is 17.3 Å². The summed E-state index contributed by atoms with van der Waals surface area (Å²) < 4.78 is 0. The predicted molar refractivity (Wildman–Crippen MR) is 84.4 cm³/mol. The maximum atomic E-state index is 12.3. The van der Waals surface area contributed by atoms with E-state index in [2.05, 4.69) is 20.5 Å². The highest BCUT2D eigenvalue weighted by Gasteiger charge is 2.26. The van der Waals surface area contributed by atoms with E-state index in [0.29, 0.717) is 5.75 Å². The molecular weight excluding hydrogens is 284 g/mol. The number of aliphatic imine (C=N–C) groups is 1. The van der Waals surface area contributed by atoms with Crippen molar-refractivity contribution in [3.05, 3.63) is 53.9 Å². The highest BCUT2D eigenvalue weighted by atomic mass is 32.2. The van der Waals surface area contributed by atoms with Crippen LogP contribution < -0.4 is 5.32 Å². The molecule has 1 aromatic carbocycles. The van der Waals surface area contributed by atoms with Crippen molar-refractivity contribution in [1.29, 1.82) is 0 Å². The highest BCUT2D eigenvalue weighted by Crippen LogP contribution is 2.24. The lowest BCUT2D eigenvalue weighted by molar-refractivity contribution is -0.122. The summed E-state index contributed by atoms with van der Waals surface area (Å²) in [6, 6.07) is 9.57. The molecule has 0 fully saturated rings. The molecule has 2 unspecified atom stereocenters. The number of nitrogens with zero attached hydrogens (tertiary/aromatic N) is 2. The molecule has 2 aromatic rings. The van der Waals surface area contributed by atoms with Gasteiger partial charge in [-0.1, -0.05) is 30.3 Å². The average molecular weight is 300 g/mol. The molecule has 0 saturated heterocycles. The maximum absolute atomic E-state index is 12.3. The molecule has 2 heterocycles. The molecule has 1 aromatic heterocycles. The molecule has 5 nitrogen and oxygen atoms in total. The Balaban J connectivity index is 1.65. The van der Waals surface area contributed by atoms with Crippen LogP contribution in [0.3, 0.4) is 0 Å². The lowest BCUT2D eigenvalue weighted by Crippen LogP contribution is -2.35. The third-order valence-electron chi connectivity index (χ3n) is 3.35. The number of amides is 1. The number of aromatic nitrogens is 2. The van der Waals surface area contributed by atoms with Gasteiger partial charge in [0.15, 0.2) is 0 Å². The summed E-state index contributed by atoms with van der Waals surface area (Å²) in [6.45, 7) is 1.94. The molecule has 0 spiro atoms. The summed E-state index contributed by atoms with van der Waals surface area (Å²) in [5, 5.41) is 10.6. The van der Waals surface area contributed by atoms with Crippen LogP contribution >= 0.6 is 11.8 Å². The molecular formula is C15H16N4OS. The number of hydrogen-bond donors (Lipinski definition) is 2. The monoisotopic (exact) mass is 300 g/mol. The Kier molecular flexibility index (Phi) is 4.06. The summed E-state index contributed by atoms with van der Waals surface area (Å²) in [5.74, 6) is 0.649. The number of nitrogens with one attached hydrogen (secondary N) is 2. The van der Waals surface area contributed by atoms with Crippen molar-refractivity contribution in [3.63, 3.8) is 0 Å². The fourth-order valence-corrected chi connectivity index (χ4v) is 3.18. The second kappa shape index (κ2) is 6.13. The fraction of sp³-hybridized carbons (Fsp3) is 0.267. The third-order valence-corrected chi connectivity index (χ3v) is 4.45. The van der Waals surface area contributed by atoms with Crippen molar-refractivity contribution in [2.45, 2.75) is 19.0 Å². The summed E-state index contributed by atoms with van der Waals surface area (Å²) >= 11 is 1.63. The molecule has 1 aliphatic rings. The van der Waals surface area contributed by atoms with E-state index in [4.69, 9.17) is 0 Å². The molecule has 0 aliphatic carbocycles.